The second-order valence-electron chi connectivity index (χ2n) is 4.56. The number of nitrogens with one attached hydrogen (secondary N) is 1. The summed E-state index contributed by atoms with van der Waals surface area (Å²) in [6.07, 6.45) is 0.932. The van der Waals surface area contributed by atoms with Crippen molar-refractivity contribution in [2.45, 2.75) is 26.3 Å². The van der Waals surface area contributed by atoms with Gasteiger partial charge < -0.3 is 10.2 Å². The number of nitrogens with zero attached hydrogens (tertiary/aromatic N) is 1. The minimum atomic E-state index is -0.0631. The fourth-order valence-corrected chi connectivity index (χ4v) is 2.57. The fraction of sp³-hybridized carbons (Fsp3) is 0.571. The molecule has 2 rings (SSSR count). The van der Waals surface area contributed by atoms with E-state index in [1.807, 2.05) is 6.07 Å². The van der Waals surface area contributed by atoms with Crippen molar-refractivity contribution in [3.8, 4) is 0 Å². The zero-order valence-electron chi connectivity index (χ0n) is 10.7. The Bertz CT molecular complexity index is 374. The SMILES string of the molecule is CCN(CC)CC1NCCc2cccc(F)c21. The van der Waals surface area contributed by atoms with Gasteiger partial charge in [-0.3, -0.25) is 0 Å². The van der Waals surface area contributed by atoms with Gasteiger partial charge in [-0.2, -0.15) is 0 Å². The van der Waals surface area contributed by atoms with Crippen molar-refractivity contribution in [2.75, 3.05) is 26.2 Å². The van der Waals surface area contributed by atoms with Crippen molar-refractivity contribution < 1.29 is 4.39 Å². The minimum absolute atomic E-state index is 0.0631. The predicted molar refractivity (Wildman–Crippen MR) is 68.6 cm³/mol. The van der Waals surface area contributed by atoms with Crippen molar-refractivity contribution >= 4 is 0 Å². The lowest BCUT2D eigenvalue weighted by atomic mass is 9.93. The summed E-state index contributed by atoms with van der Waals surface area (Å²) in [5, 5.41) is 3.43. The van der Waals surface area contributed by atoms with Gasteiger partial charge in [0.15, 0.2) is 0 Å². The smallest absolute Gasteiger partial charge is 0.128 e. The van der Waals surface area contributed by atoms with Crippen LogP contribution in [0.2, 0.25) is 0 Å². The van der Waals surface area contributed by atoms with Gasteiger partial charge in [0.25, 0.3) is 0 Å². The van der Waals surface area contributed by atoms with Gasteiger partial charge >= 0.3 is 0 Å². The molecule has 0 spiro atoms. The van der Waals surface area contributed by atoms with Gasteiger partial charge in [0.1, 0.15) is 5.82 Å². The van der Waals surface area contributed by atoms with E-state index in [1.165, 1.54) is 5.56 Å². The van der Waals surface area contributed by atoms with E-state index in [1.54, 1.807) is 6.07 Å². The van der Waals surface area contributed by atoms with Crippen LogP contribution in [-0.2, 0) is 6.42 Å². The molecule has 94 valence electrons. The van der Waals surface area contributed by atoms with E-state index in [-0.39, 0.29) is 11.9 Å². The Hall–Kier alpha value is -0.930. The van der Waals surface area contributed by atoms with Crippen LogP contribution in [0.1, 0.15) is 31.0 Å². The summed E-state index contributed by atoms with van der Waals surface area (Å²) in [5.41, 5.74) is 2.05. The molecule has 1 aliphatic heterocycles. The van der Waals surface area contributed by atoms with Crippen LogP contribution in [0.15, 0.2) is 18.2 Å². The van der Waals surface area contributed by atoms with Gasteiger partial charge in [0, 0.05) is 18.2 Å². The Morgan fingerprint density at radius 2 is 2.12 bits per heavy atom. The molecular formula is C14H21FN2. The first-order valence-corrected chi connectivity index (χ1v) is 6.49. The topological polar surface area (TPSA) is 15.3 Å². The van der Waals surface area contributed by atoms with Crippen LogP contribution in [0.3, 0.4) is 0 Å². The first kappa shape index (κ1) is 12.5. The molecule has 0 saturated heterocycles. The fourth-order valence-electron chi connectivity index (χ4n) is 2.57. The zero-order chi connectivity index (χ0) is 12.3. The quantitative estimate of drug-likeness (QED) is 0.863. The largest absolute Gasteiger partial charge is 0.308 e. The second-order valence-corrected chi connectivity index (χ2v) is 4.56. The van der Waals surface area contributed by atoms with E-state index in [9.17, 15) is 4.39 Å². The molecule has 1 aromatic carbocycles. The average molecular weight is 236 g/mol. The molecule has 0 amide bonds. The zero-order valence-corrected chi connectivity index (χ0v) is 10.7. The third kappa shape index (κ3) is 2.67. The Morgan fingerprint density at radius 1 is 1.35 bits per heavy atom. The molecule has 1 heterocycles. The van der Waals surface area contributed by atoms with Crippen LogP contribution in [0.5, 0.6) is 0 Å². The van der Waals surface area contributed by atoms with E-state index >= 15 is 0 Å². The highest BCUT2D eigenvalue weighted by molar-refractivity contribution is 5.34. The van der Waals surface area contributed by atoms with Gasteiger partial charge in [-0.05, 0) is 37.7 Å². The molecule has 17 heavy (non-hydrogen) atoms. The molecule has 1 N–H and O–H groups in total. The van der Waals surface area contributed by atoms with Crippen LogP contribution in [0.25, 0.3) is 0 Å². The highest BCUT2D eigenvalue weighted by Gasteiger charge is 2.24. The molecule has 1 unspecified atom stereocenters. The molecule has 0 radical (unpaired) electrons. The highest BCUT2D eigenvalue weighted by atomic mass is 19.1. The number of likely N-dealkylation sites (N-methyl/N-ethyl adjacent to an activating group) is 1. The molecular weight excluding hydrogens is 215 g/mol. The molecule has 2 nitrogen and oxygen atoms in total. The van der Waals surface area contributed by atoms with Gasteiger partial charge in [-0.1, -0.05) is 26.0 Å². The van der Waals surface area contributed by atoms with E-state index in [4.69, 9.17) is 0 Å². The normalized spacial score (nSPS) is 19.4. The molecule has 0 aliphatic carbocycles. The molecule has 0 fully saturated rings. The average Bonchev–Trinajstić information content (AvgIpc) is 2.36. The Morgan fingerprint density at radius 3 is 2.82 bits per heavy atom. The molecule has 1 aromatic rings. The van der Waals surface area contributed by atoms with E-state index < -0.39 is 0 Å². The van der Waals surface area contributed by atoms with Crippen LogP contribution >= 0.6 is 0 Å². The van der Waals surface area contributed by atoms with E-state index in [0.717, 1.165) is 38.2 Å². The van der Waals surface area contributed by atoms with Crippen molar-refractivity contribution in [3.05, 3.63) is 35.1 Å². The maximum atomic E-state index is 13.9. The van der Waals surface area contributed by atoms with Gasteiger partial charge in [0.05, 0.1) is 0 Å². The van der Waals surface area contributed by atoms with E-state index in [0.29, 0.717) is 0 Å². The third-order valence-corrected chi connectivity index (χ3v) is 3.61. The molecule has 0 bridgehead atoms. The van der Waals surface area contributed by atoms with Crippen LogP contribution < -0.4 is 5.32 Å². The van der Waals surface area contributed by atoms with E-state index in [2.05, 4.69) is 30.1 Å². The molecule has 1 aliphatic rings. The molecule has 0 aromatic heterocycles. The van der Waals surface area contributed by atoms with Gasteiger partial charge in [-0.25, -0.2) is 4.39 Å². The number of hydrogen-bond donors (Lipinski definition) is 1. The summed E-state index contributed by atoms with van der Waals surface area (Å²) in [7, 11) is 0. The summed E-state index contributed by atoms with van der Waals surface area (Å²) >= 11 is 0. The summed E-state index contributed by atoms with van der Waals surface area (Å²) in [5.74, 6) is -0.0631. The maximum absolute atomic E-state index is 13.9. The second kappa shape index (κ2) is 5.61. The van der Waals surface area contributed by atoms with Crippen LogP contribution in [0.4, 0.5) is 4.39 Å². The number of benzene rings is 1. The molecule has 0 saturated carbocycles. The van der Waals surface area contributed by atoms with Crippen LogP contribution in [-0.4, -0.2) is 31.1 Å². The lowest BCUT2D eigenvalue weighted by Crippen LogP contribution is -2.39. The Labute approximate surface area is 103 Å². The highest BCUT2D eigenvalue weighted by Crippen LogP contribution is 2.26. The van der Waals surface area contributed by atoms with Crippen LogP contribution in [0, 0.1) is 5.82 Å². The third-order valence-electron chi connectivity index (χ3n) is 3.61. The number of hydrogen-bond acceptors (Lipinski definition) is 2. The van der Waals surface area contributed by atoms with Crippen molar-refractivity contribution in [1.82, 2.24) is 10.2 Å². The standard InChI is InChI=1S/C14H21FN2/c1-3-17(4-2)10-13-14-11(8-9-16-13)6-5-7-12(14)15/h5-7,13,16H,3-4,8-10H2,1-2H3. The summed E-state index contributed by atoms with van der Waals surface area (Å²) in [4.78, 5) is 2.33. The van der Waals surface area contributed by atoms with Gasteiger partial charge in [-0.15, -0.1) is 0 Å². The minimum Gasteiger partial charge on any atom is -0.308 e. The van der Waals surface area contributed by atoms with Crippen molar-refractivity contribution in [1.29, 1.82) is 0 Å². The summed E-state index contributed by atoms with van der Waals surface area (Å²) in [6.45, 7) is 8.16. The van der Waals surface area contributed by atoms with Gasteiger partial charge in [0.2, 0.25) is 0 Å². The molecule has 3 heteroatoms. The summed E-state index contributed by atoms with van der Waals surface area (Å²) < 4.78 is 13.9. The Kier molecular flexibility index (Phi) is 4.13. The number of halogens is 1. The monoisotopic (exact) mass is 236 g/mol. The first-order valence-electron chi connectivity index (χ1n) is 6.49. The number of rotatable bonds is 4. The Balaban J connectivity index is 2.22. The van der Waals surface area contributed by atoms with Crippen molar-refractivity contribution in [3.63, 3.8) is 0 Å². The first-order chi connectivity index (χ1) is 8.26. The maximum Gasteiger partial charge on any atom is 0.128 e. The predicted octanol–water partition coefficient (Wildman–Crippen LogP) is 2.35. The van der Waals surface area contributed by atoms with Crippen molar-refractivity contribution in [2.24, 2.45) is 0 Å². The molecule has 1 atom stereocenters. The lowest BCUT2D eigenvalue weighted by Gasteiger charge is -2.31. The summed E-state index contributed by atoms with van der Waals surface area (Å²) in [6, 6.07) is 5.57. The number of fused-ring (bicyclic) bond motifs is 1. The lowest BCUT2D eigenvalue weighted by molar-refractivity contribution is 0.258.